The largest absolute Gasteiger partial charge is 0.491 e. The molecule has 0 saturated carbocycles. The van der Waals surface area contributed by atoms with E-state index < -0.39 is 0 Å². The van der Waals surface area contributed by atoms with Crippen molar-refractivity contribution in [1.29, 1.82) is 0 Å². The molecule has 122 valence electrons. The maximum absolute atomic E-state index is 11.1. The van der Waals surface area contributed by atoms with Crippen LogP contribution in [0.2, 0.25) is 0 Å². The van der Waals surface area contributed by atoms with Crippen LogP contribution in [0.5, 0.6) is 5.75 Å². The Morgan fingerprint density at radius 1 is 1.00 bits per heavy atom. The smallest absolute Gasteiger partial charge is 0.178 e. The van der Waals surface area contributed by atoms with E-state index in [0.717, 1.165) is 12.8 Å². The van der Waals surface area contributed by atoms with Gasteiger partial charge < -0.3 is 16.2 Å². The van der Waals surface area contributed by atoms with Crippen LogP contribution in [0.25, 0.3) is 0 Å². The van der Waals surface area contributed by atoms with Crippen LogP contribution >= 0.6 is 0 Å². The van der Waals surface area contributed by atoms with Crippen LogP contribution in [-0.2, 0) is 4.79 Å². The number of nitrogens with two attached hydrogens (primary N) is 2. The minimum Gasteiger partial charge on any atom is -0.491 e. The van der Waals surface area contributed by atoms with Gasteiger partial charge in [-0.15, -0.1) is 0 Å². The van der Waals surface area contributed by atoms with Gasteiger partial charge in [0.25, 0.3) is 0 Å². The maximum atomic E-state index is 11.1. The minimum atomic E-state index is -0.0506. The van der Waals surface area contributed by atoms with Crippen LogP contribution in [-0.4, -0.2) is 18.1 Å². The Morgan fingerprint density at radius 2 is 1.74 bits per heavy atom. The first-order valence-electron chi connectivity index (χ1n) is 7.90. The minimum absolute atomic E-state index is 0.0506. The molecule has 0 amide bonds. The number of nitrogens with zero attached hydrogens (tertiary/aromatic N) is 1. The van der Waals surface area contributed by atoms with Gasteiger partial charge in [-0.3, -0.25) is 4.79 Å². The number of rotatable bonds is 7. The number of carbonyl (C=O) groups excluding carboxylic acids is 1. The molecule has 0 unspecified atom stereocenters. The molecule has 1 aliphatic carbocycles. The highest BCUT2D eigenvalue weighted by atomic mass is 16.5. The lowest BCUT2D eigenvalue weighted by atomic mass is 10.1. The van der Waals surface area contributed by atoms with Gasteiger partial charge in [-0.1, -0.05) is 26.2 Å². The van der Waals surface area contributed by atoms with E-state index in [0.29, 0.717) is 35.1 Å². The monoisotopic (exact) mass is 313 g/mol. The van der Waals surface area contributed by atoms with Crippen molar-refractivity contribution in [3.63, 3.8) is 0 Å². The molecule has 1 aliphatic rings. The third-order valence-electron chi connectivity index (χ3n) is 3.50. The van der Waals surface area contributed by atoms with Crippen LogP contribution in [0.4, 0.5) is 17.1 Å². The van der Waals surface area contributed by atoms with Crippen molar-refractivity contribution in [2.24, 2.45) is 4.99 Å². The van der Waals surface area contributed by atoms with Gasteiger partial charge >= 0.3 is 0 Å². The third kappa shape index (κ3) is 4.98. The van der Waals surface area contributed by atoms with Gasteiger partial charge in [0.1, 0.15) is 5.75 Å². The van der Waals surface area contributed by atoms with Crippen molar-refractivity contribution in [2.75, 3.05) is 18.1 Å². The molecule has 0 aromatic heterocycles. The van der Waals surface area contributed by atoms with Gasteiger partial charge in [-0.2, -0.15) is 0 Å². The van der Waals surface area contributed by atoms with E-state index in [1.165, 1.54) is 25.0 Å². The quantitative estimate of drug-likeness (QED) is 0.457. The normalized spacial score (nSPS) is 13.4. The van der Waals surface area contributed by atoms with Crippen molar-refractivity contribution in [1.82, 2.24) is 0 Å². The van der Waals surface area contributed by atoms with E-state index in [-0.39, 0.29) is 5.78 Å². The molecule has 23 heavy (non-hydrogen) atoms. The number of carbonyl (C=O) groups is 1. The third-order valence-corrected chi connectivity index (χ3v) is 3.50. The predicted octanol–water partition coefficient (Wildman–Crippen LogP) is 3.58. The van der Waals surface area contributed by atoms with Gasteiger partial charge in [0.15, 0.2) is 5.78 Å². The van der Waals surface area contributed by atoms with Gasteiger partial charge in [-0.05, 0) is 36.8 Å². The van der Waals surface area contributed by atoms with E-state index >= 15 is 0 Å². The lowest BCUT2D eigenvalue weighted by Crippen LogP contribution is -2.02. The summed E-state index contributed by atoms with van der Waals surface area (Å²) in [4.78, 5) is 15.6. The van der Waals surface area contributed by atoms with E-state index in [9.17, 15) is 4.79 Å². The topological polar surface area (TPSA) is 90.7 Å². The highest BCUT2D eigenvalue weighted by molar-refractivity contribution is 6.17. The molecule has 0 bridgehead atoms. The predicted molar refractivity (Wildman–Crippen MR) is 95.3 cm³/mol. The van der Waals surface area contributed by atoms with E-state index in [1.54, 1.807) is 24.3 Å². The molecular weight excluding hydrogens is 290 g/mol. The van der Waals surface area contributed by atoms with Crippen molar-refractivity contribution in [2.45, 2.75) is 32.6 Å². The molecule has 1 aromatic carbocycles. The fraction of sp³-hybridized carbons (Fsp3) is 0.333. The fourth-order valence-corrected chi connectivity index (χ4v) is 2.20. The van der Waals surface area contributed by atoms with Crippen molar-refractivity contribution in [3.05, 3.63) is 36.4 Å². The molecule has 0 radical (unpaired) electrons. The Balaban J connectivity index is 2.10. The molecule has 0 atom stereocenters. The summed E-state index contributed by atoms with van der Waals surface area (Å²) in [6.07, 6.45) is 10.8. The number of anilines is 2. The molecule has 0 heterocycles. The second-order valence-electron chi connectivity index (χ2n) is 5.46. The van der Waals surface area contributed by atoms with Crippen LogP contribution in [0.1, 0.15) is 32.6 Å². The number of benzene rings is 1. The first-order valence-corrected chi connectivity index (χ1v) is 7.90. The zero-order valence-electron chi connectivity index (χ0n) is 13.4. The number of ether oxygens (including phenoxy) is 1. The molecular formula is C18H23N3O2. The van der Waals surface area contributed by atoms with Crippen molar-refractivity contribution < 1.29 is 9.53 Å². The highest BCUT2D eigenvalue weighted by Crippen LogP contribution is 2.33. The van der Waals surface area contributed by atoms with Crippen LogP contribution < -0.4 is 16.2 Å². The lowest BCUT2D eigenvalue weighted by molar-refractivity contribution is -0.110. The summed E-state index contributed by atoms with van der Waals surface area (Å²) in [6.45, 7) is 2.80. The number of nitrogen functional groups attached to an aromatic ring is 2. The zero-order valence-corrected chi connectivity index (χ0v) is 13.4. The maximum Gasteiger partial charge on any atom is 0.178 e. The summed E-state index contributed by atoms with van der Waals surface area (Å²) in [7, 11) is 0. The Labute approximate surface area is 136 Å². The summed E-state index contributed by atoms with van der Waals surface area (Å²) >= 11 is 0. The fourth-order valence-electron chi connectivity index (χ4n) is 2.20. The number of hydrogen-bond acceptors (Lipinski definition) is 5. The number of hydrogen-bond donors (Lipinski definition) is 2. The Bertz CT molecular complexity index is 642. The summed E-state index contributed by atoms with van der Waals surface area (Å²) in [6, 6.07) is 3.40. The molecule has 2 rings (SSSR count). The summed E-state index contributed by atoms with van der Waals surface area (Å²) in [5.74, 6) is 0.542. The van der Waals surface area contributed by atoms with Gasteiger partial charge in [0.05, 0.1) is 29.4 Å². The highest BCUT2D eigenvalue weighted by Gasteiger charge is 2.08. The van der Waals surface area contributed by atoms with Crippen LogP contribution in [0.3, 0.4) is 0 Å². The molecule has 0 aliphatic heterocycles. The van der Waals surface area contributed by atoms with E-state index in [2.05, 4.69) is 11.9 Å². The first kappa shape index (κ1) is 16.8. The average molecular weight is 313 g/mol. The summed E-state index contributed by atoms with van der Waals surface area (Å²) < 4.78 is 5.75. The number of ketones is 1. The molecule has 0 saturated heterocycles. The summed E-state index contributed by atoms with van der Waals surface area (Å²) in [5.41, 5.74) is 14.2. The second kappa shape index (κ2) is 8.17. The number of allylic oxidation sites excluding steroid dienone is 4. The average Bonchev–Trinajstić information content (AvgIpc) is 2.53. The van der Waals surface area contributed by atoms with Crippen molar-refractivity contribution >= 4 is 28.6 Å². The molecule has 5 nitrogen and oxygen atoms in total. The van der Waals surface area contributed by atoms with Crippen LogP contribution in [0, 0.1) is 0 Å². The Morgan fingerprint density at radius 3 is 2.43 bits per heavy atom. The number of unbranched alkanes of at least 4 members (excludes halogenated alkanes) is 3. The molecule has 0 spiro atoms. The van der Waals surface area contributed by atoms with Crippen molar-refractivity contribution in [3.8, 4) is 5.75 Å². The Kier molecular flexibility index (Phi) is 5.97. The molecule has 1 aromatic rings. The standard InChI is InChI=1S/C18H23N3O2/c1-2-3-4-5-10-23-18-12-17(15(19)11-16(18)20)21-13-6-8-14(22)9-7-13/h6-9,11-12H,2-5,10,19-20H2,1H3. The number of aliphatic imine (C=N–C) groups is 1. The Hall–Kier alpha value is -2.56. The summed E-state index contributed by atoms with van der Waals surface area (Å²) in [5, 5.41) is 0. The van der Waals surface area contributed by atoms with E-state index in [1.807, 2.05) is 0 Å². The lowest BCUT2D eigenvalue weighted by Gasteiger charge is -2.11. The first-order chi connectivity index (χ1) is 11.1. The van der Waals surface area contributed by atoms with Gasteiger partial charge in [0, 0.05) is 6.07 Å². The molecule has 5 heteroatoms. The van der Waals surface area contributed by atoms with E-state index in [4.69, 9.17) is 16.2 Å². The molecule has 0 fully saturated rings. The zero-order chi connectivity index (χ0) is 16.7. The van der Waals surface area contributed by atoms with Crippen LogP contribution in [0.15, 0.2) is 41.4 Å². The second-order valence-corrected chi connectivity index (χ2v) is 5.46. The SMILES string of the molecule is CCCCCCOc1cc(N=C2C=CC(=O)C=C2)c(N)cc1N. The molecule has 4 N–H and O–H groups in total. The van der Waals surface area contributed by atoms with Gasteiger partial charge in [-0.25, -0.2) is 4.99 Å². The van der Waals surface area contributed by atoms with Gasteiger partial charge in [0.2, 0.25) is 0 Å².